The molecule has 1 aliphatic heterocycles. The standard InChI is InChI=1S/C20H32BNO3/c1-14-16(21-24-19(4,5)20(6,7)25-21)12-22-13-17(14)23-15-8-10-18(2,3)11-9-15/h12-13,15H,8-11H2,1-7H3. The molecule has 1 aliphatic carbocycles. The van der Waals surface area contributed by atoms with Gasteiger partial charge < -0.3 is 14.0 Å². The van der Waals surface area contributed by atoms with Crippen molar-refractivity contribution >= 4 is 12.6 Å². The lowest BCUT2D eigenvalue weighted by Crippen LogP contribution is -2.41. The van der Waals surface area contributed by atoms with E-state index in [9.17, 15) is 0 Å². The Kier molecular flexibility index (Phi) is 4.70. The zero-order chi connectivity index (χ0) is 18.5. The molecule has 138 valence electrons. The van der Waals surface area contributed by atoms with Crippen molar-refractivity contribution in [3.05, 3.63) is 18.0 Å². The van der Waals surface area contributed by atoms with Gasteiger partial charge in [0.25, 0.3) is 0 Å². The maximum atomic E-state index is 6.31. The average molecular weight is 345 g/mol. The topological polar surface area (TPSA) is 40.6 Å². The third-order valence-electron chi connectivity index (χ3n) is 6.30. The Balaban J connectivity index is 1.75. The van der Waals surface area contributed by atoms with E-state index in [1.165, 1.54) is 12.8 Å². The van der Waals surface area contributed by atoms with Gasteiger partial charge in [-0.25, -0.2) is 0 Å². The SMILES string of the molecule is Cc1c(OC2CCC(C)(C)CC2)cncc1B1OC(C)(C)C(C)(C)O1. The second-order valence-corrected chi connectivity index (χ2v) is 9.42. The average Bonchev–Trinajstić information content (AvgIpc) is 2.71. The van der Waals surface area contributed by atoms with Gasteiger partial charge in [-0.1, -0.05) is 13.8 Å². The first kappa shape index (κ1) is 18.7. The van der Waals surface area contributed by atoms with Gasteiger partial charge in [0, 0.05) is 11.7 Å². The maximum absolute atomic E-state index is 6.31. The molecule has 3 rings (SSSR count). The largest absolute Gasteiger partial charge is 0.496 e. The Morgan fingerprint density at radius 3 is 2.12 bits per heavy atom. The molecule has 1 aromatic heterocycles. The summed E-state index contributed by atoms with van der Waals surface area (Å²) in [7, 11) is -0.397. The molecule has 1 saturated carbocycles. The minimum absolute atomic E-state index is 0.280. The lowest BCUT2D eigenvalue weighted by atomic mass is 9.76. The van der Waals surface area contributed by atoms with Crippen molar-refractivity contribution in [2.24, 2.45) is 5.41 Å². The van der Waals surface area contributed by atoms with Crippen molar-refractivity contribution in [1.82, 2.24) is 4.98 Å². The molecule has 1 aromatic rings. The van der Waals surface area contributed by atoms with E-state index >= 15 is 0 Å². The van der Waals surface area contributed by atoms with Crippen LogP contribution in [0.1, 0.15) is 72.8 Å². The highest BCUT2D eigenvalue weighted by Crippen LogP contribution is 2.38. The summed E-state index contributed by atoms with van der Waals surface area (Å²) in [5, 5.41) is 0. The lowest BCUT2D eigenvalue weighted by Gasteiger charge is -2.34. The van der Waals surface area contributed by atoms with Gasteiger partial charge in [-0.3, -0.25) is 4.98 Å². The highest BCUT2D eigenvalue weighted by Gasteiger charge is 2.52. The van der Waals surface area contributed by atoms with Gasteiger partial charge in [-0.2, -0.15) is 0 Å². The van der Waals surface area contributed by atoms with Gasteiger partial charge in [0.2, 0.25) is 0 Å². The van der Waals surface area contributed by atoms with Crippen LogP contribution in [0.15, 0.2) is 12.4 Å². The van der Waals surface area contributed by atoms with E-state index < -0.39 is 7.12 Å². The van der Waals surface area contributed by atoms with Crippen LogP contribution >= 0.6 is 0 Å². The molecule has 0 amide bonds. The van der Waals surface area contributed by atoms with Crippen molar-refractivity contribution in [1.29, 1.82) is 0 Å². The van der Waals surface area contributed by atoms with Crippen LogP contribution in [0.25, 0.3) is 0 Å². The molecule has 0 aromatic carbocycles. The van der Waals surface area contributed by atoms with Crippen molar-refractivity contribution in [2.75, 3.05) is 0 Å². The van der Waals surface area contributed by atoms with Crippen molar-refractivity contribution in [3.63, 3.8) is 0 Å². The van der Waals surface area contributed by atoms with Gasteiger partial charge in [0.05, 0.1) is 23.5 Å². The van der Waals surface area contributed by atoms with E-state index in [1.54, 1.807) is 0 Å². The van der Waals surface area contributed by atoms with E-state index in [-0.39, 0.29) is 17.3 Å². The maximum Gasteiger partial charge on any atom is 0.496 e. The number of rotatable bonds is 3. The zero-order valence-electron chi connectivity index (χ0n) is 16.8. The van der Waals surface area contributed by atoms with Crippen LogP contribution in [-0.2, 0) is 9.31 Å². The first-order valence-electron chi connectivity index (χ1n) is 9.48. The molecule has 5 heteroatoms. The number of nitrogens with zero attached hydrogens (tertiary/aromatic N) is 1. The predicted octanol–water partition coefficient (Wildman–Crippen LogP) is 4.04. The molecular weight excluding hydrogens is 313 g/mol. The number of hydrogen-bond acceptors (Lipinski definition) is 4. The van der Waals surface area contributed by atoms with Crippen LogP contribution in [-0.4, -0.2) is 29.4 Å². The van der Waals surface area contributed by atoms with Crippen LogP contribution in [0, 0.1) is 12.3 Å². The van der Waals surface area contributed by atoms with Gasteiger partial charge in [0.1, 0.15) is 5.75 Å². The summed E-state index contributed by atoms with van der Waals surface area (Å²) >= 11 is 0. The Bertz CT molecular complexity index is 616. The highest BCUT2D eigenvalue weighted by atomic mass is 16.7. The number of aromatic nitrogens is 1. The fraction of sp³-hybridized carbons (Fsp3) is 0.750. The predicted molar refractivity (Wildman–Crippen MR) is 101 cm³/mol. The summed E-state index contributed by atoms with van der Waals surface area (Å²) < 4.78 is 18.7. The van der Waals surface area contributed by atoms with Gasteiger partial charge in [0.15, 0.2) is 0 Å². The Morgan fingerprint density at radius 2 is 1.56 bits per heavy atom. The van der Waals surface area contributed by atoms with Crippen LogP contribution in [0.5, 0.6) is 5.75 Å². The summed E-state index contributed by atoms with van der Waals surface area (Å²) in [6.07, 6.45) is 8.57. The Labute approximate surface area is 152 Å². The second-order valence-electron chi connectivity index (χ2n) is 9.42. The molecule has 2 fully saturated rings. The summed E-state index contributed by atoms with van der Waals surface area (Å²) in [6, 6.07) is 0. The molecule has 25 heavy (non-hydrogen) atoms. The summed E-state index contributed by atoms with van der Waals surface area (Å²) in [6.45, 7) is 15.0. The molecule has 2 aliphatic rings. The minimum atomic E-state index is -0.397. The molecule has 2 heterocycles. The fourth-order valence-electron chi connectivity index (χ4n) is 3.52. The zero-order valence-corrected chi connectivity index (χ0v) is 16.8. The first-order valence-corrected chi connectivity index (χ1v) is 9.48. The third-order valence-corrected chi connectivity index (χ3v) is 6.30. The normalized spacial score (nSPS) is 25.2. The number of hydrogen-bond donors (Lipinski definition) is 0. The number of pyridine rings is 1. The molecular formula is C20H32BNO3. The molecule has 0 unspecified atom stereocenters. The molecule has 0 N–H and O–H groups in total. The van der Waals surface area contributed by atoms with Crippen LogP contribution < -0.4 is 10.2 Å². The summed E-state index contributed by atoms with van der Waals surface area (Å²) in [5.41, 5.74) is 1.77. The molecule has 0 radical (unpaired) electrons. The fourth-order valence-corrected chi connectivity index (χ4v) is 3.52. The molecule has 0 spiro atoms. The van der Waals surface area contributed by atoms with Gasteiger partial charge in [-0.15, -0.1) is 0 Å². The summed E-state index contributed by atoms with van der Waals surface area (Å²) in [4.78, 5) is 4.39. The van der Waals surface area contributed by atoms with Crippen molar-refractivity contribution in [2.45, 2.75) is 91.5 Å². The Morgan fingerprint density at radius 1 is 1.00 bits per heavy atom. The monoisotopic (exact) mass is 345 g/mol. The summed E-state index contributed by atoms with van der Waals surface area (Å²) in [5.74, 6) is 0.858. The van der Waals surface area contributed by atoms with Crippen LogP contribution in [0.4, 0.5) is 0 Å². The van der Waals surface area contributed by atoms with Crippen molar-refractivity contribution in [3.8, 4) is 5.75 Å². The third kappa shape index (κ3) is 3.73. The van der Waals surface area contributed by atoms with Crippen LogP contribution in [0.3, 0.4) is 0 Å². The second kappa shape index (κ2) is 6.28. The minimum Gasteiger partial charge on any atom is -0.489 e. The molecule has 0 bridgehead atoms. The van der Waals surface area contributed by atoms with Gasteiger partial charge in [-0.05, 0) is 71.3 Å². The quantitative estimate of drug-likeness (QED) is 0.776. The van der Waals surface area contributed by atoms with E-state index in [0.717, 1.165) is 29.6 Å². The first-order chi connectivity index (χ1) is 11.5. The van der Waals surface area contributed by atoms with E-state index in [0.29, 0.717) is 5.41 Å². The molecule has 1 saturated heterocycles. The Hall–Kier alpha value is -1.07. The smallest absolute Gasteiger partial charge is 0.489 e. The lowest BCUT2D eigenvalue weighted by molar-refractivity contribution is 0.00578. The molecule has 4 nitrogen and oxygen atoms in total. The van der Waals surface area contributed by atoms with E-state index in [1.807, 2.05) is 12.4 Å². The molecule has 0 atom stereocenters. The van der Waals surface area contributed by atoms with E-state index in [2.05, 4.69) is 53.5 Å². The van der Waals surface area contributed by atoms with Gasteiger partial charge >= 0.3 is 7.12 Å². The highest BCUT2D eigenvalue weighted by molar-refractivity contribution is 6.62. The van der Waals surface area contributed by atoms with Crippen molar-refractivity contribution < 1.29 is 14.0 Å². The van der Waals surface area contributed by atoms with Crippen LogP contribution in [0.2, 0.25) is 0 Å². The number of ether oxygens (including phenoxy) is 1. The van der Waals surface area contributed by atoms with E-state index in [4.69, 9.17) is 14.0 Å².